The van der Waals surface area contributed by atoms with Crippen molar-refractivity contribution >= 4 is 33.2 Å². The molecule has 2 aromatic rings. The zero-order valence-electron chi connectivity index (χ0n) is 12.4. The maximum absolute atomic E-state index is 12.2. The molecule has 0 aliphatic carbocycles. The number of amides is 1. The van der Waals surface area contributed by atoms with Crippen molar-refractivity contribution in [1.82, 2.24) is 0 Å². The second kappa shape index (κ2) is 6.98. The van der Waals surface area contributed by atoms with Gasteiger partial charge in [-0.25, -0.2) is 8.42 Å². The van der Waals surface area contributed by atoms with Crippen LogP contribution < -0.4 is 5.32 Å². The van der Waals surface area contributed by atoms with Crippen molar-refractivity contribution in [2.45, 2.75) is 16.7 Å². The normalized spacial score (nSPS) is 11.2. The molecule has 0 saturated carbocycles. The number of hydrogen-bond acceptors (Lipinski definition) is 4. The van der Waals surface area contributed by atoms with Crippen LogP contribution in [0.3, 0.4) is 0 Å². The molecule has 4 nitrogen and oxygen atoms in total. The molecular formula is C16H17NO3S2. The van der Waals surface area contributed by atoms with E-state index in [4.69, 9.17) is 0 Å². The van der Waals surface area contributed by atoms with Crippen molar-refractivity contribution in [3.05, 3.63) is 54.1 Å². The maximum atomic E-state index is 12.2. The van der Waals surface area contributed by atoms with Crippen molar-refractivity contribution in [2.75, 3.05) is 17.3 Å². The topological polar surface area (TPSA) is 63.2 Å². The Kier molecular flexibility index (Phi) is 5.26. The lowest BCUT2D eigenvalue weighted by atomic mass is 10.2. The smallest absolute Gasteiger partial charge is 0.255 e. The number of anilines is 1. The number of sulfone groups is 1. The fraction of sp³-hybridized carbons (Fsp3) is 0.188. The van der Waals surface area contributed by atoms with Crippen molar-refractivity contribution in [3.8, 4) is 0 Å². The lowest BCUT2D eigenvalue weighted by Crippen LogP contribution is -2.13. The first-order chi connectivity index (χ1) is 10.5. The van der Waals surface area contributed by atoms with Crippen LogP contribution >= 0.6 is 11.8 Å². The molecule has 2 aromatic carbocycles. The maximum Gasteiger partial charge on any atom is 0.255 e. The van der Waals surface area contributed by atoms with Gasteiger partial charge in [0.25, 0.3) is 5.91 Å². The van der Waals surface area contributed by atoms with E-state index in [1.54, 1.807) is 30.8 Å². The molecule has 1 amide bonds. The third kappa shape index (κ3) is 3.90. The lowest BCUT2D eigenvalue weighted by Gasteiger charge is -2.07. The van der Waals surface area contributed by atoms with Crippen molar-refractivity contribution in [1.29, 1.82) is 0 Å². The summed E-state index contributed by atoms with van der Waals surface area (Å²) in [5, 5.41) is 2.76. The highest BCUT2D eigenvalue weighted by atomic mass is 32.2. The van der Waals surface area contributed by atoms with Crippen LogP contribution in [0.1, 0.15) is 17.3 Å². The standard InChI is InChI=1S/C16H17NO3S2/c1-3-22(19,20)15-6-4-5-12(11-15)16(18)17-13-7-9-14(21-2)10-8-13/h4-11H,3H2,1-2H3,(H,17,18). The minimum absolute atomic E-state index is 0.00815. The van der Waals surface area contributed by atoms with Gasteiger partial charge in [0.05, 0.1) is 10.6 Å². The van der Waals surface area contributed by atoms with Crippen molar-refractivity contribution in [2.24, 2.45) is 0 Å². The molecule has 6 heteroatoms. The summed E-state index contributed by atoms with van der Waals surface area (Å²) in [4.78, 5) is 13.5. The monoisotopic (exact) mass is 335 g/mol. The number of benzene rings is 2. The molecule has 0 radical (unpaired) electrons. The largest absolute Gasteiger partial charge is 0.322 e. The fourth-order valence-electron chi connectivity index (χ4n) is 1.88. The van der Waals surface area contributed by atoms with Gasteiger partial charge < -0.3 is 5.32 Å². The highest BCUT2D eigenvalue weighted by Crippen LogP contribution is 2.19. The minimum atomic E-state index is -3.32. The molecule has 0 fully saturated rings. The summed E-state index contributed by atoms with van der Waals surface area (Å²) in [6, 6.07) is 13.5. The van der Waals surface area contributed by atoms with Crippen LogP contribution in [0.4, 0.5) is 5.69 Å². The molecule has 0 bridgehead atoms. The molecule has 0 atom stereocenters. The first-order valence-electron chi connectivity index (χ1n) is 6.74. The minimum Gasteiger partial charge on any atom is -0.322 e. The fourth-order valence-corrected chi connectivity index (χ4v) is 3.21. The SMILES string of the molecule is CCS(=O)(=O)c1cccc(C(=O)Nc2ccc(SC)cc2)c1. The second-order valence-corrected chi connectivity index (χ2v) is 7.77. The Hall–Kier alpha value is -1.79. The van der Waals surface area contributed by atoms with Crippen LogP contribution in [0.15, 0.2) is 58.3 Å². The van der Waals surface area contributed by atoms with E-state index >= 15 is 0 Å². The first kappa shape index (κ1) is 16.6. The molecule has 116 valence electrons. The van der Waals surface area contributed by atoms with Gasteiger partial charge >= 0.3 is 0 Å². The molecule has 1 N–H and O–H groups in total. The summed E-state index contributed by atoms with van der Waals surface area (Å²) in [5.41, 5.74) is 0.995. The molecule has 0 aliphatic heterocycles. The van der Waals surface area contributed by atoms with E-state index in [-0.39, 0.29) is 16.6 Å². The summed E-state index contributed by atoms with van der Waals surface area (Å²) in [5.74, 6) is -0.320. The van der Waals surface area contributed by atoms with Gasteiger partial charge in [-0.1, -0.05) is 13.0 Å². The van der Waals surface area contributed by atoms with E-state index in [1.807, 2.05) is 30.5 Å². The van der Waals surface area contributed by atoms with E-state index in [2.05, 4.69) is 5.32 Å². The number of carbonyl (C=O) groups is 1. The highest BCUT2D eigenvalue weighted by Gasteiger charge is 2.14. The van der Waals surface area contributed by atoms with Gasteiger partial charge in [-0.3, -0.25) is 4.79 Å². The molecule has 0 unspecified atom stereocenters. The van der Waals surface area contributed by atoms with Crippen LogP contribution in [0, 0.1) is 0 Å². The third-order valence-corrected chi connectivity index (χ3v) is 5.66. The van der Waals surface area contributed by atoms with E-state index in [0.717, 1.165) is 4.90 Å². The third-order valence-electron chi connectivity index (χ3n) is 3.18. The molecule has 0 heterocycles. The van der Waals surface area contributed by atoms with Gasteiger partial charge in [-0.05, 0) is 48.7 Å². The highest BCUT2D eigenvalue weighted by molar-refractivity contribution is 7.98. The summed E-state index contributed by atoms with van der Waals surface area (Å²) in [7, 11) is -3.32. The number of hydrogen-bond donors (Lipinski definition) is 1. The Morgan fingerprint density at radius 2 is 1.82 bits per heavy atom. The molecule has 22 heavy (non-hydrogen) atoms. The first-order valence-corrected chi connectivity index (χ1v) is 9.62. The summed E-state index contributed by atoms with van der Waals surface area (Å²) >= 11 is 1.62. The van der Waals surface area contributed by atoms with E-state index < -0.39 is 9.84 Å². The van der Waals surface area contributed by atoms with Crippen LogP contribution in [0.25, 0.3) is 0 Å². The van der Waals surface area contributed by atoms with Crippen LogP contribution in [0.2, 0.25) is 0 Å². The Bertz CT molecular complexity index is 768. The van der Waals surface area contributed by atoms with Crippen molar-refractivity contribution < 1.29 is 13.2 Å². The average Bonchev–Trinajstić information content (AvgIpc) is 2.55. The number of thioether (sulfide) groups is 1. The quantitative estimate of drug-likeness (QED) is 0.850. The zero-order valence-corrected chi connectivity index (χ0v) is 14.0. The van der Waals surface area contributed by atoms with Gasteiger partial charge in [0.1, 0.15) is 0 Å². The van der Waals surface area contributed by atoms with Crippen LogP contribution in [0.5, 0.6) is 0 Å². The molecule has 0 aromatic heterocycles. The second-order valence-electron chi connectivity index (χ2n) is 4.61. The van der Waals surface area contributed by atoms with Gasteiger partial charge in [0.15, 0.2) is 9.84 Å². The van der Waals surface area contributed by atoms with Gasteiger partial charge in [-0.2, -0.15) is 0 Å². The lowest BCUT2D eigenvalue weighted by molar-refractivity contribution is 0.102. The average molecular weight is 335 g/mol. The predicted octanol–water partition coefficient (Wildman–Crippen LogP) is 3.45. The van der Waals surface area contributed by atoms with Crippen molar-refractivity contribution in [3.63, 3.8) is 0 Å². The Morgan fingerprint density at radius 1 is 1.14 bits per heavy atom. The summed E-state index contributed by atoms with van der Waals surface area (Å²) < 4.78 is 23.7. The van der Waals surface area contributed by atoms with Crippen LogP contribution in [-0.4, -0.2) is 26.3 Å². The van der Waals surface area contributed by atoms with E-state index in [1.165, 1.54) is 12.1 Å². The Balaban J connectivity index is 2.20. The molecule has 0 saturated heterocycles. The van der Waals surface area contributed by atoms with Gasteiger partial charge in [0.2, 0.25) is 0 Å². The number of nitrogens with one attached hydrogen (secondary N) is 1. The predicted molar refractivity (Wildman–Crippen MR) is 90.3 cm³/mol. The van der Waals surface area contributed by atoms with Gasteiger partial charge in [0, 0.05) is 16.1 Å². The van der Waals surface area contributed by atoms with E-state index in [0.29, 0.717) is 11.3 Å². The summed E-state index contributed by atoms with van der Waals surface area (Å²) in [6.45, 7) is 1.58. The zero-order chi connectivity index (χ0) is 16.2. The Labute approximate surface area is 134 Å². The van der Waals surface area contributed by atoms with Crippen LogP contribution in [-0.2, 0) is 9.84 Å². The summed E-state index contributed by atoms with van der Waals surface area (Å²) in [6.07, 6.45) is 1.98. The molecule has 2 rings (SSSR count). The number of carbonyl (C=O) groups excluding carboxylic acids is 1. The molecule has 0 aliphatic rings. The Morgan fingerprint density at radius 3 is 2.41 bits per heavy atom. The molecular weight excluding hydrogens is 318 g/mol. The van der Waals surface area contributed by atoms with Gasteiger partial charge in [-0.15, -0.1) is 11.8 Å². The van der Waals surface area contributed by atoms with E-state index in [9.17, 15) is 13.2 Å². The molecule has 0 spiro atoms. The number of rotatable bonds is 5.